The van der Waals surface area contributed by atoms with Gasteiger partial charge in [0, 0.05) is 0 Å². The molecule has 0 aromatic rings. The van der Waals surface area contributed by atoms with Gasteiger partial charge in [-0.3, -0.25) is 0 Å². The molecular formula is C3HCl4F3. The van der Waals surface area contributed by atoms with Crippen molar-refractivity contribution in [2.24, 2.45) is 0 Å². The Kier molecular flexibility index (Phi) is 3.43. The zero-order valence-corrected chi connectivity index (χ0v) is 7.25. The van der Waals surface area contributed by atoms with Crippen LogP contribution in [-0.4, -0.2) is 15.3 Å². The molecular weight excluding hydrogens is 235 g/mol. The SMILES string of the molecule is FC(Cl)C(F)(F)C(Cl)(Cl)Cl. The van der Waals surface area contributed by atoms with Gasteiger partial charge in [-0.05, 0) is 0 Å². The first kappa shape index (κ1) is 11.0. The minimum absolute atomic E-state index is 3.00. The molecule has 0 spiro atoms. The summed E-state index contributed by atoms with van der Waals surface area (Å²) in [5, 5.41) is 0. The molecule has 1 unspecified atom stereocenters. The Balaban J connectivity index is 4.40. The molecule has 0 saturated carbocycles. The van der Waals surface area contributed by atoms with Gasteiger partial charge in [0.25, 0.3) is 3.79 Å². The van der Waals surface area contributed by atoms with Gasteiger partial charge in [0.15, 0.2) is 0 Å². The molecule has 0 aromatic carbocycles. The molecule has 0 aliphatic carbocycles. The predicted molar refractivity (Wildman–Crippen MR) is 36.0 cm³/mol. The molecule has 7 heteroatoms. The van der Waals surface area contributed by atoms with Crippen LogP contribution in [0.1, 0.15) is 0 Å². The molecule has 0 radical (unpaired) electrons. The van der Waals surface area contributed by atoms with Crippen LogP contribution in [0.25, 0.3) is 0 Å². The van der Waals surface area contributed by atoms with Crippen molar-refractivity contribution in [3.63, 3.8) is 0 Å². The van der Waals surface area contributed by atoms with E-state index < -0.39 is 15.3 Å². The number of hydrogen-bond acceptors (Lipinski definition) is 0. The van der Waals surface area contributed by atoms with E-state index in [-0.39, 0.29) is 0 Å². The van der Waals surface area contributed by atoms with Crippen LogP contribution in [0, 0.1) is 0 Å². The lowest BCUT2D eigenvalue weighted by molar-refractivity contribution is -0.0362. The molecule has 0 rings (SSSR count). The summed E-state index contributed by atoms with van der Waals surface area (Å²) in [6.45, 7) is 0. The lowest BCUT2D eigenvalue weighted by atomic mass is 10.4. The maximum atomic E-state index is 12.2. The van der Waals surface area contributed by atoms with Crippen LogP contribution in [0.5, 0.6) is 0 Å². The van der Waals surface area contributed by atoms with Gasteiger partial charge in [0.2, 0.25) is 5.63 Å². The standard InChI is InChI=1S/C3HCl4F3/c4-1(8)2(9,10)3(5,6)7/h1H. The van der Waals surface area contributed by atoms with Crippen LogP contribution >= 0.6 is 46.4 Å². The fourth-order valence-electron chi connectivity index (χ4n) is 0.124. The van der Waals surface area contributed by atoms with Crippen LogP contribution in [-0.2, 0) is 0 Å². The van der Waals surface area contributed by atoms with Gasteiger partial charge < -0.3 is 0 Å². The van der Waals surface area contributed by atoms with Crippen LogP contribution in [0.3, 0.4) is 0 Å². The minimum Gasteiger partial charge on any atom is -0.223 e. The van der Waals surface area contributed by atoms with Gasteiger partial charge in [-0.15, -0.1) is 0 Å². The third-order valence-corrected chi connectivity index (χ3v) is 1.68. The second-order valence-corrected chi connectivity index (χ2v) is 4.09. The Morgan fingerprint density at radius 1 is 1.10 bits per heavy atom. The van der Waals surface area contributed by atoms with Gasteiger partial charge in [-0.25, -0.2) is 4.39 Å². The molecule has 1 atom stereocenters. The van der Waals surface area contributed by atoms with Crippen molar-refractivity contribution in [3.8, 4) is 0 Å². The zero-order valence-electron chi connectivity index (χ0n) is 4.22. The summed E-state index contributed by atoms with van der Waals surface area (Å²) in [5.74, 6) is -4.17. The molecule has 0 bridgehead atoms. The molecule has 0 fully saturated rings. The highest BCUT2D eigenvalue weighted by Crippen LogP contribution is 2.46. The van der Waals surface area contributed by atoms with Gasteiger partial charge in [0.1, 0.15) is 0 Å². The van der Waals surface area contributed by atoms with Crippen LogP contribution in [0.4, 0.5) is 13.2 Å². The van der Waals surface area contributed by atoms with E-state index in [0.29, 0.717) is 0 Å². The Labute approximate surface area is 75.2 Å². The second-order valence-electron chi connectivity index (χ2n) is 1.42. The van der Waals surface area contributed by atoms with Crippen LogP contribution in [0.2, 0.25) is 0 Å². The maximum absolute atomic E-state index is 12.2. The molecule has 0 aromatic heterocycles. The summed E-state index contributed by atoms with van der Waals surface area (Å²) >= 11 is 18.4. The molecule has 0 aliphatic rings. The average molecular weight is 236 g/mol. The summed E-state index contributed by atoms with van der Waals surface area (Å²) in [4.78, 5) is 0. The first-order valence-electron chi connectivity index (χ1n) is 1.92. The Hall–Kier alpha value is 0.950. The van der Waals surface area contributed by atoms with Gasteiger partial charge in [-0.1, -0.05) is 46.4 Å². The summed E-state index contributed by atoms with van der Waals surface area (Å²) < 4.78 is 33.0. The summed E-state index contributed by atoms with van der Waals surface area (Å²) in [5.41, 5.74) is -3.00. The zero-order chi connectivity index (χ0) is 8.58. The lowest BCUT2D eigenvalue weighted by Gasteiger charge is -2.23. The van der Waals surface area contributed by atoms with E-state index in [0.717, 1.165) is 0 Å². The van der Waals surface area contributed by atoms with Gasteiger partial charge in [-0.2, -0.15) is 8.78 Å². The number of alkyl halides is 7. The molecule has 0 aliphatic heterocycles. The van der Waals surface area contributed by atoms with Crippen molar-refractivity contribution in [1.82, 2.24) is 0 Å². The van der Waals surface area contributed by atoms with E-state index >= 15 is 0 Å². The Bertz CT molecular complexity index is 117. The molecule has 0 N–H and O–H groups in total. The molecule has 0 saturated heterocycles. The largest absolute Gasteiger partial charge is 0.338 e. The van der Waals surface area contributed by atoms with E-state index in [1.165, 1.54) is 0 Å². The van der Waals surface area contributed by atoms with E-state index in [9.17, 15) is 13.2 Å². The molecule has 62 valence electrons. The number of rotatable bonds is 1. The topological polar surface area (TPSA) is 0 Å². The average Bonchev–Trinajstić information content (AvgIpc) is 1.62. The first-order chi connectivity index (χ1) is 4.19. The highest BCUT2D eigenvalue weighted by atomic mass is 35.6. The first-order valence-corrected chi connectivity index (χ1v) is 3.49. The summed E-state index contributed by atoms with van der Waals surface area (Å²) in [7, 11) is 0. The van der Waals surface area contributed by atoms with Crippen LogP contribution in [0.15, 0.2) is 0 Å². The van der Waals surface area contributed by atoms with Crippen molar-refractivity contribution in [2.45, 2.75) is 15.3 Å². The highest BCUT2D eigenvalue weighted by molar-refractivity contribution is 6.68. The molecule has 0 nitrogen and oxygen atoms in total. The Morgan fingerprint density at radius 2 is 1.40 bits per heavy atom. The summed E-state index contributed by atoms with van der Waals surface area (Å²) in [6, 6.07) is 0. The van der Waals surface area contributed by atoms with Crippen LogP contribution < -0.4 is 0 Å². The third kappa shape index (κ3) is 2.22. The maximum Gasteiger partial charge on any atom is 0.338 e. The lowest BCUT2D eigenvalue weighted by Crippen LogP contribution is -2.40. The summed E-state index contributed by atoms with van der Waals surface area (Å²) in [6.07, 6.45) is 0. The van der Waals surface area contributed by atoms with Crippen molar-refractivity contribution in [3.05, 3.63) is 0 Å². The quantitative estimate of drug-likeness (QED) is 0.610. The van der Waals surface area contributed by atoms with E-state index in [2.05, 4.69) is 46.4 Å². The number of halogens is 7. The minimum atomic E-state index is -4.17. The van der Waals surface area contributed by atoms with Gasteiger partial charge >= 0.3 is 5.92 Å². The monoisotopic (exact) mass is 234 g/mol. The smallest absolute Gasteiger partial charge is 0.223 e. The Morgan fingerprint density at radius 3 is 1.40 bits per heavy atom. The third-order valence-electron chi connectivity index (χ3n) is 0.652. The van der Waals surface area contributed by atoms with Crippen molar-refractivity contribution < 1.29 is 13.2 Å². The second kappa shape index (κ2) is 3.13. The van der Waals surface area contributed by atoms with E-state index in [1.807, 2.05) is 0 Å². The van der Waals surface area contributed by atoms with E-state index in [4.69, 9.17) is 0 Å². The molecule has 10 heavy (non-hydrogen) atoms. The predicted octanol–water partition coefficient (Wildman–Crippen LogP) is 3.53. The van der Waals surface area contributed by atoms with E-state index in [1.54, 1.807) is 0 Å². The number of hydrogen-bond donors (Lipinski definition) is 0. The van der Waals surface area contributed by atoms with Crippen molar-refractivity contribution >= 4 is 46.4 Å². The van der Waals surface area contributed by atoms with Crippen molar-refractivity contribution in [2.75, 3.05) is 0 Å². The molecule has 0 heterocycles. The fourth-order valence-corrected chi connectivity index (χ4v) is 0.742. The molecule has 0 amide bonds. The highest BCUT2D eigenvalue weighted by Gasteiger charge is 2.56. The van der Waals surface area contributed by atoms with Gasteiger partial charge in [0.05, 0.1) is 0 Å². The fraction of sp³-hybridized carbons (Fsp3) is 1.00. The van der Waals surface area contributed by atoms with Crippen molar-refractivity contribution in [1.29, 1.82) is 0 Å². The normalized spacial score (nSPS) is 17.1.